The summed E-state index contributed by atoms with van der Waals surface area (Å²) in [5.41, 5.74) is 2.21. The molecule has 0 aliphatic carbocycles. The number of morpholine rings is 1. The van der Waals surface area contributed by atoms with Crippen molar-refractivity contribution in [2.45, 2.75) is 32.3 Å². The van der Waals surface area contributed by atoms with Crippen LogP contribution in [0, 0.1) is 6.92 Å². The monoisotopic (exact) mass is 356 g/mol. The molecule has 0 radical (unpaired) electrons. The quantitative estimate of drug-likeness (QED) is 0.818. The van der Waals surface area contributed by atoms with Gasteiger partial charge >= 0.3 is 0 Å². The number of ether oxygens (including phenoxy) is 1. The van der Waals surface area contributed by atoms with Gasteiger partial charge in [-0.25, -0.2) is 4.98 Å². The molecule has 2 fully saturated rings. The van der Waals surface area contributed by atoms with Crippen molar-refractivity contribution in [3.63, 3.8) is 0 Å². The number of aromatic nitrogens is 2. The number of carbonyl (C=O) groups is 2. The molecule has 2 saturated heterocycles. The van der Waals surface area contributed by atoms with E-state index in [1.165, 1.54) is 6.42 Å². The maximum atomic E-state index is 12.9. The Labute approximate surface area is 152 Å². The third-order valence-electron chi connectivity index (χ3n) is 5.19. The molecule has 0 unspecified atom stereocenters. The van der Waals surface area contributed by atoms with Gasteiger partial charge in [0, 0.05) is 32.0 Å². The van der Waals surface area contributed by atoms with Crippen LogP contribution < -0.4 is 0 Å². The Morgan fingerprint density at radius 1 is 1.15 bits per heavy atom. The number of nitrogens with zero attached hydrogens (tertiary/aromatic N) is 4. The van der Waals surface area contributed by atoms with E-state index in [9.17, 15) is 9.59 Å². The van der Waals surface area contributed by atoms with E-state index < -0.39 is 6.10 Å². The van der Waals surface area contributed by atoms with Crippen LogP contribution in [0.1, 0.15) is 35.3 Å². The first-order valence-electron chi connectivity index (χ1n) is 9.27. The van der Waals surface area contributed by atoms with Crippen LogP contribution in [-0.4, -0.2) is 69.9 Å². The van der Waals surface area contributed by atoms with E-state index in [1.807, 2.05) is 34.6 Å². The predicted octanol–water partition coefficient (Wildman–Crippen LogP) is 1.50. The van der Waals surface area contributed by atoms with Crippen molar-refractivity contribution in [1.82, 2.24) is 19.2 Å². The van der Waals surface area contributed by atoms with Crippen molar-refractivity contribution in [2.24, 2.45) is 0 Å². The Balaban J connectivity index is 1.48. The maximum absolute atomic E-state index is 12.9. The van der Waals surface area contributed by atoms with Gasteiger partial charge < -0.3 is 18.9 Å². The van der Waals surface area contributed by atoms with Crippen molar-refractivity contribution in [2.75, 3.05) is 32.8 Å². The lowest BCUT2D eigenvalue weighted by Crippen LogP contribution is -2.53. The predicted molar refractivity (Wildman–Crippen MR) is 96.0 cm³/mol. The Morgan fingerprint density at radius 2 is 1.96 bits per heavy atom. The topological polar surface area (TPSA) is 67.2 Å². The normalized spacial score (nSPS) is 21.2. The summed E-state index contributed by atoms with van der Waals surface area (Å²) in [6.07, 6.45) is 6.33. The molecule has 2 aromatic rings. The number of hydrogen-bond acceptors (Lipinski definition) is 4. The number of amides is 2. The van der Waals surface area contributed by atoms with Crippen LogP contribution in [0.4, 0.5) is 0 Å². The highest BCUT2D eigenvalue weighted by Gasteiger charge is 2.33. The molecule has 7 nitrogen and oxygen atoms in total. The summed E-state index contributed by atoms with van der Waals surface area (Å²) in [5, 5.41) is 0. The second kappa shape index (κ2) is 7.07. The average molecular weight is 356 g/mol. The molecule has 4 heterocycles. The summed E-state index contributed by atoms with van der Waals surface area (Å²) in [4.78, 5) is 33.6. The number of carbonyl (C=O) groups excluding carboxylic acids is 2. The zero-order valence-corrected chi connectivity index (χ0v) is 15.1. The van der Waals surface area contributed by atoms with Crippen LogP contribution in [0.3, 0.4) is 0 Å². The highest BCUT2D eigenvalue weighted by molar-refractivity contribution is 5.93. The molecular weight excluding hydrogens is 332 g/mol. The number of fused-ring (bicyclic) bond motifs is 1. The molecule has 0 N–H and O–H groups in total. The fourth-order valence-electron chi connectivity index (χ4n) is 3.72. The smallest absolute Gasteiger partial charge is 0.274 e. The second-order valence-electron chi connectivity index (χ2n) is 7.04. The number of aryl methyl sites for hydroxylation is 1. The lowest BCUT2D eigenvalue weighted by atomic mass is 10.1. The third-order valence-corrected chi connectivity index (χ3v) is 5.19. The number of hydrogen-bond donors (Lipinski definition) is 0. The Hall–Kier alpha value is -2.41. The number of likely N-dealkylation sites (tertiary alicyclic amines) is 1. The van der Waals surface area contributed by atoms with Crippen molar-refractivity contribution < 1.29 is 14.3 Å². The molecule has 0 bridgehead atoms. The number of imidazole rings is 1. The van der Waals surface area contributed by atoms with Crippen LogP contribution in [0.25, 0.3) is 5.65 Å². The summed E-state index contributed by atoms with van der Waals surface area (Å²) in [7, 11) is 0. The molecular formula is C19H24N4O3. The van der Waals surface area contributed by atoms with Crippen LogP contribution in [0.5, 0.6) is 0 Å². The van der Waals surface area contributed by atoms with Gasteiger partial charge in [0.2, 0.25) is 0 Å². The van der Waals surface area contributed by atoms with E-state index >= 15 is 0 Å². The minimum Gasteiger partial charge on any atom is -0.365 e. The molecule has 0 aromatic carbocycles. The average Bonchev–Trinajstić information content (AvgIpc) is 3.13. The van der Waals surface area contributed by atoms with Crippen molar-refractivity contribution in [3.8, 4) is 0 Å². The van der Waals surface area contributed by atoms with Crippen LogP contribution >= 0.6 is 0 Å². The van der Waals surface area contributed by atoms with E-state index in [4.69, 9.17) is 4.74 Å². The number of pyridine rings is 1. The summed E-state index contributed by atoms with van der Waals surface area (Å²) < 4.78 is 7.54. The Morgan fingerprint density at radius 3 is 2.73 bits per heavy atom. The zero-order valence-electron chi connectivity index (χ0n) is 15.1. The van der Waals surface area contributed by atoms with Crippen LogP contribution in [-0.2, 0) is 9.53 Å². The molecule has 7 heteroatoms. The number of piperidine rings is 1. The van der Waals surface area contributed by atoms with Gasteiger partial charge in [-0.15, -0.1) is 0 Å². The first-order valence-corrected chi connectivity index (χ1v) is 9.27. The minimum absolute atomic E-state index is 0.00745. The van der Waals surface area contributed by atoms with Gasteiger partial charge in [0.1, 0.15) is 11.3 Å². The maximum Gasteiger partial charge on any atom is 0.274 e. The molecule has 2 aliphatic rings. The van der Waals surface area contributed by atoms with Gasteiger partial charge in [-0.05, 0) is 37.8 Å². The fraction of sp³-hybridized carbons (Fsp3) is 0.526. The van der Waals surface area contributed by atoms with Gasteiger partial charge in [0.05, 0.1) is 13.2 Å². The summed E-state index contributed by atoms with van der Waals surface area (Å²) >= 11 is 0. The lowest BCUT2D eigenvalue weighted by Gasteiger charge is -2.36. The third kappa shape index (κ3) is 3.19. The first-order chi connectivity index (χ1) is 12.6. The van der Waals surface area contributed by atoms with Gasteiger partial charge in [-0.3, -0.25) is 9.59 Å². The minimum atomic E-state index is -0.565. The highest BCUT2D eigenvalue weighted by atomic mass is 16.5. The molecule has 26 heavy (non-hydrogen) atoms. The van der Waals surface area contributed by atoms with Crippen molar-refractivity contribution in [1.29, 1.82) is 0 Å². The van der Waals surface area contributed by atoms with Gasteiger partial charge in [0.25, 0.3) is 11.8 Å². The van der Waals surface area contributed by atoms with Gasteiger partial charge in [-0.1, -0.05) is 6.07 Å². The fourth-order valence-corrected chi connectivity index (χ4v) is 3.72. The van der Waals surface area contributed by atoms with Crippen molar-refractivity contribution in [3.05, 3.63) is 35.8 Å². The largest absolute Gasteiger partial charge is 0.365 e. The molecule has 2 aromatic heterocycles. The molecule has 4 rings (SSSR count). The van der Waals surface area contributed by atoms with Crippen molar-refractivity contribution >= 4 is 17.5 Å². The van der Waals surface area contributed by atoms with Crippen LogP contribution in [0.2, 0.25) is 0 Å². The van der Waals surface area contributed by atoms with E-state index in [2.05, 4.69) is 4.98 Å². The SMILES string of the molecule is Cc1cccn2cc(C(=O)N3CCO[C@H](C(=O)N4CCCCC4)C3)nc12. The summed E-state index contributed by atoms with van der Waals surface area (Å²) in [6, 6.07) is 3.90. The van der Waals surface area contributed by atoms with Gasteiger partial charge in [0.15, 0.2) is 6.10 Å². The van der Waals surface area contributed by atoms with E-state index in [0.717, 1.165) is 37.1 Å². The lowest BCUT2D eigenvalue weighted by molar-refractivity contribution is -0.149. The van der Waals surface area contributed by atoms with E-state index in [-0.39, 0.29) is 11.8 Å². The standard InChI is InChI=1S/C19H24N4O3/c1-14-6-5-9-22-12-15(20-17(14)22)18(24)23-10-11-26-16(13-23)19(25)21-7-3-2-4-8-21/h5-6,9,12,16H,2-4,7-8,10-11,13H2,1H3/t16-/m0/s1. The first kappa shape index (κ1) is 17.0. The van der Waals surface area contributed by atoms with E-state index in [0.29, 0.717) is 25.4 Å². The summed E-state index contributed by atoms with van der Waals surface area (Å²) in [6.45, 7) is 4.70. The second-order valence-corrected chi connectivity index (χ2v) is 7.04. The molecule has 0 saturated carbocycles. The van der Waals surface area contributed by atoms with Gasteiger partial charge in [-0.2, -0.15) is 0 Å². The number of rotatable bonds is 2. The Bertz CT molecular complexity index is 825. The molecule has 1 atom stereocenters. The zero-order chi connectivity index (χ0) is 18.1. The highest BCUT2D eigenvalue weighted by Crippen LogP contribution is 2.17. The summed E-state index contributed by atoms with van der Waals surface area (Å²) in [5.74, 6) is -0.138. The molecule has 2 amide bonds. The Kier molecular flexibility index (Phi) is 4.63. The molecule has 138 valence electrons. The van der Waals surface area contributed by atoms with E-state index in [1.54, 1.807) is 11.1 Å². The van der Waals surface area contributed by atoms with Crippen LogP contribution in [0.15, 0.2) is 24.5 Å². The molecule has 0 spiro atoms. The molecule has 2 aliphatic heterocycles.